The third-order valence-corrected chi connectivity index (χ3v) is 4.74. The second-order valence-corrected chi connectivity index (χ2v) is 7.07. The molecule has 2 aromatic rings. The number of phenols is 1. The van der Waals surface area contributed by atoms with Crippen LogP contribution in [0.2, 0.25) is 0 Å². The van der Waals surface area contributed by atoms with Crippen molar-refractivity contribution in [2.45, 2.75) is 26.2 Å². The fraction of sp³-hybridized carbons (Fsp3) is 0.294. The fourth-order valence-electron chi connectivity index (χ4n) is 2.19. The van der Waals surface area contributed by atoms with E-state index >= 15 is 0 Å². The van der Waals surface area contributed by atoms with Gasteiger partial charge < -0.3 is 5.11 Å². The van der Waals surface area contributed by atoms with E-state index in [1.165, 1.54) is 6.07 Å². The van der Waals surface area contributed by atoms with E-state index in [-0.39, 0.29) is 17.2 Å². The van der Waals surface area contributed by atoms with Crippen molar-refractivity contribution in [1.29, 1.82) is 0 Å². The van der Waals surface area contributed by atoms with Gasteiger partial charge in [0, 0.05) is 0 Å². The molecule has 2 N–H and O–H groups in total. The largest absolute Gasteiger partial charge is 0.506 e. The molecule has 22 heavy (non-hydrogen) atoms. The normalized spacial score (nSPS) is 11.3. The monoisotopic (exact) mass is 319 g/mol. The van der Waals surface area contributed by atoms with Crippen LogP contribution in [-0.4, -0.2) is 19.3 Å². The van der Waals surface area contributed by atoms with Gasteiger partial charge in [-0.2, -0.15) is 0 Å². The molecule has 0 aromatic heterocycles. The summed E-state index contributed by atoms with van der Waals surface area (Å²) in [6.07, 6.45) is 2.45. The van der Waals surface area contributed by atoms with E-state index < -0.39 is 10.0 Å². The van der Waals surface area contributed by atoms with Gasteiger partial charge in [-0.3, -0.25) is 4.72 Å². The van der Waals surface area contributed by atoms with Crippen molar-refractivity contribution in [3.05, 3.63) is 48.5 Å². The molecule has 0 saturated heterocycles. The molecule has 0 spiro atoms. The average Bonchev–Trinajstić information content (AvgIpc) is 2.50. The Kier molecular flexibility index (Phi) is 5.44. The van der Waals surface area contributed by atoms with E-state index in [0.29, 0.717) is 6.42 Å². The van der Waals surface area contributed by atoms with E-state index in [1.807, 2.05) is 37.3 Å². The summed E-state index contributed by atoms with van der Waals surface area (Å²) in [6.45, 7) is 2.02. The molecule has 5 heteroatoms. The molecule has 4 nitrogen and oxygen atoms in total. The molecule has 0 fully saturated rings. The van der Waals surface area contributed by atoms with Crippen molar-refractivity contribution in [1.82, 2.24) is 0 Å². The Hall–Kier alpha value is -2.01. The molecule has 0 bridgehead atoms. The molecular formula is C17H21NO3S. The van der Waals surface area contributed by atoms with Gasteiger partial charge in [0.1, 0.15) is 5.75 Å². The zero-order valence-electron chi connectivity index (χ0n) is 12.6. The van der Waals surface area contributed by atoms with Gasteiger partial charge in [0.25, 0.3) is 0 Å². The van der Waals surface area contributed by atoms with Gasteiger partial charge >= 0.3 is 0 Å². The number of nitrogens with one attached hydrogen (secondary N) is 1. The van der Waals surface area contributed by atoms with Crippen LogP contribution in [0.3, 0.4) is 0 Å². The van der Waals surface area contributed by atoms with Crippen LogP contribution in [0.1, 0.15) is 26.2 Å². The van der Waals surface area contributed by atoms with Crippen molar-refractivity contribution in [3.8, 4) is 16.9 Å². The van der Waals surface area contributed by atoms with Gasteiger partial charge in [0.15, 0.2) is 0 Å². The summed E-state index contributed by atoms with van der Waals surface area (Å²) in [6, 6.07) is 14.5. The second kappa shape index (κ2) is 7.31. The first-order valence-corrected chi connectivity index (χ1v) is 9.06. The van der Waals surface area contributed by atoms with Crippen LogP contribution in [-0.2, 0) is 10.0 Å². The number of phenolic OH excluding ortho intramolecular Hbond substituents is 1. The molecule has 0 unspecified atom stereocenters. The number of hydrogen-bond donors (Lipinski definition) is 2. The number of sulfonamides is 1. The van der Waals surface area contributed by atoms with Crippen LogP contribution in [0.25, 0.3) is 11.1 Å². The van der Waals surface area contributed by atoms with Gasteiger partial charge in [0.2, 0.25) is 10.0 Å². The molecule has 0 aliphatic rings. The third kappa shape index (κ3) is 4.49. The van der Waals surface area contributed by atoms with Crippen LogP contribution < -0.4 is 4.72 Å². The van der Waals surface area contributed by atoms with Gasteiger partial charge in [0.05, 0.1) is 11.4 Å². The number of aromatic hydroxyl groups is 1. The summed E-state index contributed by atoms with van der Waals surface area (Å²) in [5.74, 6) is -0.00528. The lowest BCUT2D eigenvalue weighted by Gasteiger charge is -2.11. The first-order chi connectivity index (χ1) is 10.5. The van der Waals surface area contributed by atoms with Crippen molar-refractivity contribution >= 4 is 15.7 Å². The highest BCUT2D eigenvalue weighted by molar-refractivity contribution is 7.92. The number of benzene rings is 2. The molecule has 2 rings (SSSR count). The topological polar surface area (TPSA) is 66.4 Å². The van der Waals surface area contributed by atoms with E-state index in [1.54, 1.807) is 12.1 Å². The quantitative estimate of drug-likeness (QED) is 0.599. The molecule has 0 heterocycles. The van der Waals surface area contributed by atoms with Crippen LogP contribution >= 0.6 is 0 Å². The zero-order valence-corrected chi connectivity index (χ0v) is 13.4. The van der Waals surface area contributed by atoms with E-state index in [0.717, 1.165) is 24.0 Å². The maximum absolute atomic E-state index is 12.1. The standard InChI is InChI=1S/C17H21NO3S/c1-2-3-7-12-22(20,21)18-16-13-15(10-11-17(16)19)14-8-5-4-6-9-14/h4-6,8-11,13,18-19H,2-3,7,12H2,1H3. The van der Waals surface area contributed by atoms with E-state index in [2.05, 4.69) is 4.72 Å². The summed E-state index contributed by atoms with van der Waals surface area (Å²) >= 11 is 0. The second-order valence-electron chi connectivity index (χ2n) is 5.23. The summed E-state index contributed by atoms with van der Waals surface area (Å²) in [5, 5.41) is 9.89. The predicted molar refractivity (Wildman–Crippen MR) is 90.5 cm³/mol. The zero-order chi connectivity index (χ0) is 16.0. The predicted octanol–water partition coefficient (Wildman–Crippen LogP) is 3.99. The molecule has 0 atom stereocenters. The van der Waals surface area contributed by atoms with Crippen LogP contribution in [0.5, 0.6) is 5.75 Å². The van der Waals surface area contributed by atoms with Gasteiger partial charge in [-0.15, -0.1) is 0 Å². The third-order valence-electron chi connectivity index (χ3n) is 3.39. The Bertz CT molecular complexity index is 712. The minimum atomic E-state index is -3.44. The maximum atomic E-state index is 12.1. The molecular weight excluding hydrogens is 298 g/mol. The molecule has 2 aromatic carbocycles. The highest BCUT2D eigenvalue weighted by atomic mass is 32.2. The lowest BCUT2D eigenvalue weighted by molar-refractivity contribution is 0.477. The number of hydrogen-bond acceptors (Lipinski definition) is 3. The van der Waals surface area contributed by atoms with Crippen molar-refractivity contribution < 1.29 is 13.5 Å². The molecule has 0 aliphatic carbocycles. The molecule has 0 aliphatic heterocycles. The van der Waals surface area contributed by atoms with Gasteiger partial charge in [-0.05, 0) is 29.7 Å². The number of unbranched alkanes of at least 4 members (excludes halogenated alkanes) is 2. The van der Waals surface area contributed by atoms with E-state index in [9.17, 15) is 13.5 Å². The summed E-state index contributed by atoms with van der Waals surface area (Å²) in [5.41, 5.74) is 2.04. The SMILES string of the molecule is CCCCCS(=O)(=O)Nc1cc(-c2ccccc2)ccc1O. The number of anilines is 1. The lowest BCUT2D eigenvalue weighted by Crippen LogP contribution is -2.16. The highest BCUT2D eigenvalue weighted by Gasteiger charge is 2.13. The van der Waals surface area contributed by atoms with Crippen LogP contribution in [0.4, 0.5) is 5.69 Å². The molecule has 118 valence electrons. The first kappa shape index (κ1) is 16.4. The number of rotatable bonds is 7. The van der Waals surface area contributed by atoms with Crippen LogP contribution in [0.15, 0.2) is 48.5 Å². The summed E-state index contributed by atoms with van der Waals surface area (Å²) in [4.78, 5) is 0. The van der Waals surface area contributed by atoms with E-state index in [4.69, 9.17) is 0 Å². The smallest absolute Gasteiger partial charge is 0.232 e. The lowest BCUT2D eigenvalue weighted by atomic mass is 10.1. The Morgan fingerprint density at radius 3 is 2.41 bits per heavy atom. The van der Waals surface area contributed by atoms with Crippen molar-refractivity contribution in [3.63, 3.8) is 0 Å². The van der Waals surface area contributed by atoms with Crippen molar-refractivity contribution in [2.75, 3.05) is 10.5 Å². The summed E-state index contributed by atoms with van der Waals surface area (Å²) in [7, 11) is -3.44. The first-order valence-electron chi connectivity index (χ1n) is 7.41. The average molecular weight is 319 g/mol. The Morgan fingerprint density at radius 2 is 1.73 bits per heavy atom. The minimum Gasteiger partial charge on any atom is -0.506 e. The molecule has 0 radical (unpaired) electrons. The molecule has 0 amide bonds. The highest BCUT2D eigenvalue weighted by Crippen LogP contribution is 2.30. The Morgan fingerprint density at radius 1 is 1.00 bits per heavy atom. The summed E-state index contributed by atoms with van der Waals surface area (Å²) < 4.78 is 26.6. The van der Waals surface area contributed by atoms with Gasteiger partial charge in [-0.25, -0.2) is 8.42 Å². The van der Waals surface area contributed by atoms with Gasteiger partial charge in [-0.1, -0.05) is 56.2 Å². The fourth-order valence-corrected chi connectivity index (χ4v) is 3.37. The van der Waals surface area contributed by atoms with Crippen molar-refractivity contribution in [2.24, 2.45) is 0 Å². The molecule has 0 saturated carbocycles. The maximum Gasteiger partial charge on any atom is 0.232 e. The minimum absolute atomic E-state index is 0.0653. The Labute approximate surface area is 131 Å². The van der Waals surface area contributed by atoms with Crippen LogP contribution in [0, 0.1) is 0 Å². The Balaban J connectivity index is 2.21.